The molecular weight excluding hydrogens is 291 g/mol. The second kappa shape index (κ2) is 5.58. The summed E-state index contributed by atoms with van der Waals surface area (Å²) in [5.41, 5.74) is -2.22. The van der Waals surface area contributed by atoms with Crippen LogP contribution in [0, 0.1) is 22.7 Å². The maximum absolute atomic E-state index is 13.5. The van der Waals surface area contributed by atoms with Gasteiger partial charge in [-0.1, -0.05) is 26.0 Å². The van der Waals surface area contributed by atoms with Crippen molar-refractivity contribution in [1.29, 1.82) is 5.26 Å². The molecule has 22 heavy (non-hydrogen) atoms. The minimum atomic E-state index is -4.65. The first-order valence-electron chi connectivity index (χ1n) is 7.38. The SMILES string of the molecule is CC1(C)CCCC(O)(C(F)(F)F)C1Cc1cccc(C#N)c1. The lowest BCUT2D eigenvalue weighted by Crippen LogP contribution is -2.58. The van der Waals surface area contributed by atoms with Gasteiger partial charge in [0.1, 0.15) is 0 Å². The van der Waals surface area contributed by atoms with Crippen LogP contribution in [-0.2, 0) is 6.42 Å². The number of hydrogen-bond acceptors (Lipinski definition) is 2. The summed E-state index contributed by atoms with van der Waals surface area (Å²) in [5, 5.41) is 19.3. The summed E-state index contributed by atoms with van der Waals surface area (Å²) in [5.74, 6) is -0.928. The fourth-order valence-corrected chi connectivity index (χ4v) is 3.60. The van der Waals surface area contributed by atoms with Crippen LogP contribution >= 0.6 is 0 Å². The number of nitriles is 1. The van der Waals surface area contributed by atoms with Crippen molar-refractivity contribution in [1.82, 2.24) is 0 Å². The van der Waals surface area contributed by atoms with Gasteiger partial charge in [-0.05, 0) is 48.8 Å². The molecular formula is C17H20F3NO. The van der Waals surface area contributed by atoms with Gasteiger partial charge in [0.2, 0.25) is 0 Å². The fourth-order valence-electron chi connectivity index (χ4n) is 3.60. The van der Waals surface area contributed by atoms with Gasteiger partial charge in [-0.3, -0.25) is 0 Å². The summed E-state index contributed by atoms with van der Waals surface area (Å²) in [6.45, 7) is 3.56. The number of hydrogen-bond donors (Lipinski definition) is 1. The van der Waals surface area contributed by atoms with Crippen LogP contribution in [0.4, 0.5) is 13.2 Å². The van der Waals surface area contributed by atoms with Crippen LogP contribution in [0.5, 0.6) is 0 Å². The van der Waals surface area contributed by atoms with E-state index in [4.69, 9.17) is 5.26 Å². The molecule has 5 heteroatoms. The van der Waals surface area contributed by atoms with E-state index in [1.165, 1.54) is 0 Å². The number of nitrogens with zero attached hydrogens (tertiary/aromatic N) is 1. The normalized spacial score (nSPS) is 28.1. The van der Waals surface area contributed by atoms with Crippen LogP contribution in [0.15, 0.2) is 24.3 Å². The Kier molecular flexibility index (Phi) is 4.27. The van der Waals surface area contributed by atoms with Crippen LogP contribution in [0.25, 0.3) is 0 Å². The maximum Gasteiger partial charge on any atom is 0.417 e. The van der Waals surface area contributed by atoms with Gasteiger partial charge in [0, 0.05) is 5.92 Å². The quantitative estimate of drug-likeness (QED) is 0.888. The Morgan fingerprint density at radius 1 is 1.32 bits per heavy atom. The molecule has 1 aliphatic rings. The van der Waals surface area contributed by atoms with Crippen LogP contribution < -0.4 is 0 Å². The van der Waals surface area contributed by atoms with Crippen molar-refractivity contribution < 1.29 is 18.3 Å². The summed E-state index contributed by atoms with van der Waals surface area (Å²) < 4.78 is 40.4. The molecule has 0 heterocycles. The van der Waals surface area contributed by atoms with E-state index in [0.29, 0.717) is 24.0 Å². The van der Waals surface area contributed by atoms with Crippen molar-refractivity contribution in [2.45, 2.75) is 51.3 Å². The van der Waals surface area contributed by atoms with Crippen molar-refractivity contribution in [3.63, 3.8) is 0 Å². The molecule has 0 bridgehead atoms. The third-order valence-corrected chi connectivity index (χ3v) is 4.89. The molecule has 0 aliphatic heterocycles. The molecule has 2 atom stereocenters. The second-order valence-corrected chi connectivity index (χ2v) is 6.83. The lowest BCUT2D eigenvalue weighted by atomic mass is 9.59. The summed E-state index contributed by atoms with van der Waals surface area (Å²) in [6.07, 6.45) is -3.80. The monoisotopic (exact) mass is 311 g/mol. The molecule has 0 saturated heterocycles. The van der Waals surface area contributed by atoms with E-state index in [9.17, 15) is 18.3 Å². The maximum atomic E-state index is 13.5. The fraction of sp³-hybridized carbons (Fsp3) is 0.588. The van der Waals surface area contributed by atoms with E-state index >= 15 is 0 Å². The molecule has 0 radical (unpaired) electrons. The van der Waals surface area contributed by atoms with E-state index in [2.05, 4.69) is 0 Å². The minimum Gasteiger partial charge on any atom is -0.380 e. The van der Waals surface area contributed by atoms with Gasteiger partial charge in [0.05, 0.1) is 11.6 Å². The highest BCUT2D eigenvalue weighted by atomic mass is 19.4. The molecule has 1 aliphatic carbocycles. The van der Waals surface area contributed by atoms with Crippen molar-refractivity contribution in [3.8, 4) is 6.07 Å². The number of benzene rings is 1. The van der Waals surface area contributed by atoms with Gasteiger partial charge in [0.15, 0.2) is 5.60 Å². The predicted octanol–water partition coefficient (Wildman–Crippen LogP) is 4.22. The number of aliphatic hydroxyl groups is 1. The Morgan fingerprint density at radius 2 is 2.00 bits per heavy atom. The second-order valence-electron chi connectivity index (χ2n) is 6.83. The molecule has 0 amide bonds. The van der Waals surface area contributed by atoms with Crippen LogP contribution in [0.1, 0.15) is 44.2 Å². The predicted molar refractivity (Wildman–Crippen MR) is 77.0 cm³/mol. The average Bonchev–Trinajstić information content (AvgIpc) is 2.42. The van der Waals surface area contributed by atoms with Crippen molar-refractivity contribution in [3.05, 3.63) is 35.4 Å². The standard InChI is InChI=1S/C17H20F3NO/c1-15(2)7-4-8-16(22,17(18,19)20)14(15)10-12-5-3-6-13(9-12)11-21/h3,5-6,9,14,22H,4,7-8,10H2,1-2H3. The highest BCUT2D eigenvalue weighted by Gasteiger charge is 2.62. The number of alkyl halides is 3. The van der Waals surface area contributed by atoms with Crippen molar-refractivity contribution in [2.75, 3.05) is 0 Å². The van der Waals surface area contributed by atoms with Gasteiger partial charge < -0.3 is 5.11 Å². The van der Waals surface area contributed by atoms with E-state index in [-0.39, 0.29) is 12.8 Å². The molecule has 1 aromatic rings. The van der Waals surface area contributed by atoms with Crippen molar-refractivity contribution in [2.24, 2.45) is 11.3 Å². The van der Waals surface area contributed by atoms with E-state index in [0.717, 1.165) is 0 Å². The molecule has 0 spiro atoms. The molecule has 120 valence electrons. The van der Waals surface area contributed by atoms with Crippen LogP contribution in [-0.4, -0.2) is 16.9 Å². The molecule has 2 nitrogen and oxygen atoms in total. The lowest BCUT2D eigenvalue weighted by Gasteiger charge is -2.50. The van der Waals surface area contributed by atoms with E-state index in [1.54, 1.807) is 38.1 Å². The zero-order valence-corrected chi connectivity index (χ0v) is 12.7. The largest absolute Gasteiger partial charge is 0.417 e. The third-order valence-electron chi connectivity index (χ3n) is 4.89. The van der Waals surface area contributed by atoms with Crippen molar-refractivity contribution >= 4 is 0 Å². The zero-order valence-electron chi connectivity index (χ0n) is 12.7. The molecule has 1 aromatic carbocycles. The average molecular weight is 311 g/mol. The summed E-state index contributed by atoms with van der Waals surface area (Å²) >= 11 is 0. The van der Waals surface area contributed by atoms with Crippen LogP contribution in [0.2, 0.25) is 0 Å². The summed E-state index contributed by atoms with van der Waals surface area (Å²) in [7, 11) is 0. The highest BCUT2D eigenvalue weighted by molar-refractivity contribution is 5.33. The first kappa shape index (κ1) is 16.8. The molecule has 0 aromatic heterocycles. The Hall–Kier alpha value is -1.54. The Morgan fingerprint density at radius 3 is 2.59 bits per heavy atom. The van der Waals surface area contributed by atoms with Crippen LogP contribution in [0.3, 0.4) is 0 Å². The number of rotatable bonds is 2. The molecule has 1 fully saturated rings. The molecule has 2 rings (SSSR count). The third kappa shape index (κ3) is 2.98. The first-order valence-corrected chi connectivity index (χ1v) is 7.38. The van der Waals surface area contributed by atoms with Gasteiger partial charge in [0.25, 0.3) is 0 Å². The number of halogens is 3. The first-order chi connectivity index (χ1) is 10.1. The van der Waals surface area contributed by atoms with E-state index in [1.807, 2.05) is 6.07 Å². The minimum absolute atomic E-state index is 0.110. The smallest absolute Gasteiger partial charge is 0.380 e. The van der Waals surface area contributed by atoms with Gasteiger partial charge in [-0.2, -0.15) is 18.4 Å². The lowest BCUT2D eigenvalue weighted by molar-refractivity contribution is -0.302. The molecule has 2 unspecified atom stereocenters. The Labute approximate surface area is 128 Å². The van der Waals surface area contributed by atoms with E-state index < -0.39 is 23.1 Å². The van der Waals surface area contributed by atoms with Gasteiger partial charge in [-0.25, -0.2) is 0 Å². The summed E-state index contributed by atoms with van der Waals surface area (Å²) in [6, 6.07) is 8.58. The topological polar surface area (TPSA) is 44.0 Å². The van der Waals surface area contributed by atoms with Gasteiger partial charge in [-0.15, -0.1) is 0 Å². The molecule has 1 saturated carbocycles. The zero-order chi connectivity index (χ0) is 16.6. The summed E-state index contributed by atoms with van der Waals surface area (Å²) in [4.78, 5) is 0. The highest BCUT2D eigenvalue weighted by Crippen LogP contribution is 2.53. The molecule has 1 N–H and O–H groups in total. The van der Waals surface area contributed by atoms with Gasteiger partial charge >= 0.3 is 6.18 Å². The Balaban J connectivity index is 2.40. The Bertz CT molecular complexity index is 588.